The normalized spacial score (nSPS) is 12.9. The topological polar surface area (TPSA) is 134 Å². The van der Waals surface area contributed by atoms with E-state index in [2.05, 4.69) is 13.8 Å². The molecule has 0 fully saturated rings. The molecule has 0 aliphatic rings. The van der Waals surface area contributed by atoms with Gasteiger partial charge in [0.25, 0.3) is 0 Å². The molecule has 10 heteroatoms. The van der Waals surface area contributed by atoms with Crippen LogP contribution in [-0.2, 0) is 32.7 Å². The third-order valence-electron chi connectivity index (χ3n) is 15.0. The van der Waals surface area contributed by atoms with E-state index in [1.807, 2.05) is 0 Å². The first-order valence-electron chi connectivity index (χ1n) is 32.5. The molecule has 0 aromatic heterocycles. The molecule has 0 radical (unpaired) electrons. The van der Waals surface area contributed by atoms with Crippen molar-refractivity contribution in [2.75, 3.05) is 26.4 Å². The monoisotopic (exact) mass is 1060 g/mol. The lowest BCUT2D eigenvalue weighted by atomic mass is 10.0. The molecule has 0 aromatic rings. The second kappa shape index (κ2) is 60.2. The SMILES string of the molecule is CCCCCCCCCCCCCCCCCCCCCCCCCCCCCCCCCCCC(=O)OC(COC(=O)CCCCCCCCCCCCCCCCCCCCC)COP(=O)(O)OCCN. The van der Waals surface area contributed by atoms with Crippen LogP contribution in [0.15, 0.2) is 0 Å². The van der Waals surface area contributed by atoms with Crippen LogP contribution in [0.3, 0.4) is 0 Å². The molecule has 0 spiro atoms. The summed E-state index contributed by atoms with van der Waals surface area (Å²) in [7, 11) is -4.38. The van der Waals surface area contributed by atoms with Crippen LogP contribution >= 0.6 is 7.82 Å². The Morgan fingerprint density at radius 2 is 0.589 bits per heavy atom. The van der Waals surface area contributed by atoms with E-state index in [0.717, 1.165) is 32.1 Å². The van der Waals surface area contributed by atoms with Crippen molar-refractivity contribution in [2.45, 2.75) is 367 Å². The third-order valence-corrected chi connectivity index (χ3v) is 16.0. The van der Waals surface area contributed by atoms with Gasteiger partial charge >= 0.3 is 19.8 Å². The quantitative estimate of drug-likeness (QED) is 0.0347. The van der Waals surface area contributed by atoms with Gasteiger partial charge in [0.1, 0.15) is 6.61 Å². The Kier molecular flexibility index (Phi) is 59.4. The van der Waals surface area contributed by atoms with E-state index in [1.165, 1.54) is 295 Å². The van der Waals surface area contributed by atoms with Gasteiger partial charge in [-0.2, -0.15) is 0 Å². The minimum absolute atomic E-state index is 0.0587. The molecule has 0 aliphatic carbocycles. The number of carbonyl (C=O) groups is 2. The molecular weight excluding hydrogens is 930 g/mol. The molecule has 9 nitrogen and oxygen atoms in total. The third kappa shape index (κ3) is 60.1. The molecule has 0 saturated heterocycles. The number of ether oxygens (including phenoxy) is 2. The van der Waals surface area contributed by atoms with Crippen molar-refractivity contribution >= 4 is 19.8 Å². The van der Waals surface area contributed by atoms with Gasteiger partial charge in [-0.05, 0) is 12.8 Å². The number of nitrogens with two attached hydrogens (primary N) is 1. The lowest BCUT2D eigenvalue weighted by Crippen LogP contribution is -2.29. The summed E-state index contributed by atoms with van der Waals surface area (Å²) in [5.41, 5.74) is 5.39. The molecule has 0 saturated carbocycles. The van der Waals surface area contributed by atoms with E-state index < -0.39 is 26.5 Å². The molecule has 0 aromatic carbocycles. The lowest BCUT2D eigenvalue weighted by molar-refractivity contribution is -0.161. The van der Waals surface area contributed by atoms with Crippen LogP contribution in [0.1, 0.15) is 361 Å². The summed E-state index contributed by atoms with van der Waals surface area (Å²) in [5.74, 6) is -0.800. The number of phosphoric acid groups is 1. The predicted octanol–water partition coefficient (Wildman–Crippen LogP) is 20.6. The van der Waals surface area contributed by atoms with Gasteiger partial charge < -0.3 is 20.1 Å². The number of hydrogen-bond acceptors (Lipinski definition) is 8. The van der Waals surface area contributed by atoms with E-state index in [9.17, 15) is 19.0 Å². The van der Waals surface area contributed by atoms with E-state index in [4.69, 9.17) is 24.3 Å². The second-order valence-corrected chi connectivity index (χ2v) is 23.8. The number of phosphoric ester groups is 1. The fourth-order valence-corrected chi connectivity index (χ4v) is 10.9. The summed E-state index contributed by atoms with van der Waals surface area (Å²) >= 11 is 0. The van der Waals surface area contributed by atoms with Crippen LogP contribution in [0.2, 0.25) is 0 Å². The Labute approximate surface area is 454 Å². The summed E-state index contributed by atoms with van der Waals surface area (Å²) in [5, 5.41) is 0. The van der Waals surface area contributed by atoms with Gasteiger partial charge in [0.2, 0.25) is 0 Å². The zero-order valence-electron chi connectivity index (χ0n) is 48.9. The standard InChI is InChI=1S/C63H126NO8P/c1-3-5-7-9-11-13-15-17-19-21-23-24-25-26-27-28-29-30-31-32-33-34-35-36-38-40-42-44-46-48-50-52-54-56-63(66)72-61(60-71-73(67,68)70-58-57-64)59-69-62(65)55-53-51-49-47-45-43-41-39-37-22-20-18-16-14-12-10-8-6-4-2/h61H,3-60,64H2,1-2H3,(H,67,68). The first-order chi connectivity index (χ1) is 35.8. The Morgan fingerprint density at radius 1 is 0.356 bits per heavy atom. The molecule has 3 N–H and O–H groups in total. The van der Waals surface area contributed by atoms with Crippen molar-refractivity contribution in [2.24, 2.45) is 5.73 Å². The maximum absolute atomic E-state index is 12.7. The Morgan fingerprint density at radius 3 is 0.836 bits per heavy atom. The molecule has 2 unspecified atom stereocenters. The van der Waals surface area contributed by atoms with Crippen LogP contribution < -0.4 is 5.73 Å². The number of hydrogen-bond donors (Lipinski definition) is 2. The molecule has 0 bridgehead atoms. The van der Waals surface area contributed by atoms with E-state index in [1.54, 1.807) is 0 Å². The van der Waals surface area contributed by atoms with Crippen LogP contribution in [0.4, 0.5) is 0 Å². The summed E-state index contributed by atoms with van der Waals surface area (Å²) in [6, 6.07) is 0. The van der Waals surface area contributed by atoms with Crippen LogP contribution in [0, 0.1) is 0 Å². The van der Waals surface area contributed by atoms with Gasteiger partial charge in [-0.25, -0.2) is 4.57 Å². The Hall–Kier alpha value is -0.990. The zero-order chi connectivity index (χ0) is 53.1. The summed E-state index contributed by atoms with van der Waals surface area (Å²) in [6.45, 7) is 3.83. The number of esters is 2. The maximum Gasteiger partial charge on any atom is 0.472 e. The Balaban J connectivity index is 3.79. The van der Waals surface area contributed by atoms with Gasteiger partial charge in [-0.15, -0.1) is 0 Å². The number of unbranched alkanes of at least 4 members (excludes halogenated alkanes) is 50. The van der Waals surface area contributed by atoms with Gasteiger partial charge in [0, 0.05) is 19.4 Å². The molecule has 0 aliphatic heterocycles. The largest absolute Gasteiger partial charge is 0.472 e. The van der Waals surface area contributed by atoms with E-state index in [0.29, 0.717) is 6.42 Å². The average Bonchev–Trinajstić information content (AvgIpc) is 3.38. The van der Waals surface area contributed by atoms with Gasteiger partial charge in [0.15, 0.2) is 6.10 Å². The van der Waals surface area contributed by atoms with Gasteiger partial charge in [-0.1, -0.05) is 335 Å². The molecule has 0 heterocycles. The summed E-state index contributed by atoms with van der Waals surface area (Å²) < 4.78 is 33.1. The zero-order valence-corrected chi connectivity index (χ0v) is 49.8. The van der Waals surface area contributed by atoms with Crippen molar-refractivity contribution in [1.82, 2.24) is 0 Å². The Bertz CT molecular complexity index is 1160. The fourth-order valence-electron chi connectivity index (χ4n) is 10.2. The molecular formula is C63H126NO8P. The highest BCUT2D eigenvalue weighted by atomic mass is 31.2. The molecule has 0 amide bonds. The van der Waals surface area contributed by atoms with Crippen LogP contribution in [0.5, 0.6) is 0 Å². The highest BCUT2D eigenvalue weighted by molar-refractivity contribution is 7.47. The minimum atomic E-state index is -4.38. The predicted molar refractivity (Wildman–Crippen MR) is 312 cm³/mol. The van der Waals surface area contributed by atoms with Crippen LogP contribution in [0.25, 0.3) is 0 Å². The molecule has 73 heavy (non-hydrogen) atoms. The van der Waals surface area contributed by atoms with Gasteiger partial charge in [0.05, 0.1) is 13.2 Å². The van der Waals surface area contributed by atoms with Crippen molar-refractivity contribution < 1.29 is 37.6 Å². The smallest absolute Gasteiger partial charge is 0.462 e. The van der Waals surface area contributed by atoms with E-state index in [-0.39, 0.29) is 38.6 Å². The molecule has 0 rings (SSSR count). The number of rotatable bonds is 63. The molecule has 436 valence electrons. The van der Waals surface area contributed by atoms with E-state index >= 15 is 0 Å². The maximum atomic E-state index is 12.7. The first kappa shape index (κ1) is 72.0. The lowest BCUT2D eigenvalue weighted by Gasteiger charge is -2.19. The van der Waals surface area contributed by atoms with Crippen molar-refractivity contribution in [3.8, 4) is 0 Å². The first-order valence-corrected chi connectivity index (χ1v) is 34.0. The second-order valence-electron chi connectivity index (χ2n) is 22.4. The van der Waals surface area contributed by atoms with Crippen molar-refractivity contribution in [3.63, 3.8) is 0 Å². The molecule has 2 atom stereocenters. The van der Waals surface area contributed by atoms with Crippen molar-refractivity contribution in [1.29, 1.82) is 0 Å². The summed E-state index contributed by atoms with van der Waals surface area (Å²) in [6.07, 6.45) is 69.1. The summed E-state index contributed by atoms with van der Waals surface area (Å²) in [4.78, 5) is 35.2. The highest BCUT2D eigenvalue weighted by Crippen LogP contribution is 2.43. The number of carbonyl (C=O) groups excluding carboxylic acids is 2. The highest BCUT2D eigenvalue weighted by Gasteiger charge is 2.26. The van der Waals surface area contributed by atoms with Crippen molar-refractivity contribution in [3.05, 3.63) is 0 Å². The van der Waals surface area contributed by atoms with Gasteiger partial charge in [-0.3, -0.25) is 18.6 Å². The fraction of sp³-hybridized carbons (Fsp3) is 0.968. The average molecular weight is 1060 g/mol. The minimum Gasteiger partial charge on any atom is -0.462 e. The van der Waals surface area contributed by atoms with Crippen LogP contribution in [-0.4, -0.2) is 49.3 Å².